The highest BCUT2D eigenvalue weighted by atomic mass is 35.5. The maximum Gasteiger partial charge on any atom is 0.264 e. The number of ether oxygens (including phenoxy) is 1. The summed E-state index contributed by atoms with van der Waals surface area (Å²) in [6.45, 7) is 75.5. The molecule has 0 saturated heterocycles. The summed E-state index contributed by atoms with van der Waals surface area (Å²) >= 11 is 16.4. The Labute approximate surface area is 702 Å². The number of aliphatic imine (C=N–C) groups is 2. The zero-order valence-electron chi connectivity index (χ0n) is 67.0. The number of aromatic nitrogens is 5. The molecular weight excluding hydrogens is 1510 g/mol. The highest BCUT2D eigenvalue weighted by molar-refractivity contribution is 8.00. The van der Waals surface area contributed by atoms with Crippen LogP contribution in [0.15, 0.2) is 218 Å². The molecule has 0 bridgehead atoms. The van der Waals surface area contributed by atoms with Crippen LogP contribution in [0.2, 0.25) is 10.0 Å². The van der Waals surface area contributed by atoms with Gasteiger partial charge in [-0.15, -0.1) is 23.5 Å². The lowest BCUT2D eigenvalue weighted by atomic mass is 9.96. The molecule has 0 fully saturated rings. The normalized spacial score (nSPS) is 13.8. The predicted octanol–water partition coefficient (Wildman–Crippen LogP) is 26.9. The second kappa shape index (κ2) is 52.6. The maximum absolute atomic E-state index is 7.21. The zero-order chi connectivity index (χ0) is 82.6. The first-order valence-electron chi connectivity index (χ1n) is 37.0. The fourth-order valence-corrected chi connectivity index (χ4v) is 13.8. The van der Waals surface area contributed by atoms with Crippen LogP contribution in [0.25, 0.3) is 33.9 Å². The lowest BCUT2D eigenvalue weighted by Crippen LogP contribution is -2.24. The van der Waals surface area contributed by atoms with E-state index >= 15 is 0 Å². The van der Waals surface area contributed by atoms with Gasteiger partial charge >= 0.3 is 0 Å². The Kier molecular flexibility index (Phi) is 44.1. The Balaban J connectivity index is 0.000000281. The third kappa shape index (κ3) is 35.5. The number of methoxy groups -OCH3 is 1. The van der Waals surface area contributed by atoms with Crippen molar-refractivity contribution in [2.24, 2.45) is 15.9 Å². The van der Waals surface area contributed by atoms with Crippen molar-refractivity contribution in [3.63, 3.8) is 0 Å². The van der Waals surface area contributed by atoms with Crippen LogP contribution in [-0.4, -0.2) is 86.5 Å². The van der Waals surface area contributed by atoms with Gasteiger partial charge in [0.1, 0.15) is 33.0 Å². The number of hydrogen-bond acceptors (Lipinski definition) is 12. The van der Waals surface area contributed by atoms with E-state index in [1.165, 1.54) is 34.0 Å². The summed E-state index contributed by atoms with van der Waals surface area (Å²) in [7, 11) is 3.64. The molecule has 9 aromatic rings. The summed E-state index contributed by atoms with van der Waals surface area (Å²) in [5.74, 6) is 2.29. The molecule has 5 aromatic heterocycles. The molecule has 0 N–H and O–H groups in total. The summed E-state index contributed by atoms with van der Waals surface area (Å²) in [4.78, 5) is 58.7. The Bertz CT molecular complexity index is 4940. The minimum atomic E-state index is -0.0890. The molecule has 4 aromatic carbocycles. The van der Waals surface area contributed by atoms with Crippen molar-refractivity contribution in [2.45, 2.75) is 197 Å². The van der Waals surface area contributed by atoms with E-state index in [2.05, 4.69) is 152 Å². The fraction of sp³-hybridized carbons (Fsp3) is 0.333. The van der Waals surface area contributed by atoms with E-state index in [1.54, 1.807) is 36.7 Å². The molecule has 0 spiro atoms. The fourth-order valence-electron chi connectivity index (χ4n) is 10.8. The van der Waals surface area contributed by atoms with E-state index in [0.717, 1.165) is 134 Å². The number of nitrogens with zero attached hydrogens (tertiary/aromatic N) is 15. The minimum Gasteiger partial charge on any atom is -0.385 e. The van der Waals surface area contributed by atoms with Gasteiger partial charge in [-0.05, 0) is 171 Å². The molecule has 0 aliphatic carbocycles. The summed E-state index contributed by atoms with van der Waals surface area (Å²) in [6, 6.07) is 52.8. The van der Waals surface area contributed by atoms with Gasteiger partial charge in [-0.2, -0.15) is 0 Å². The van der Waals surface area contributed by atoms with Gasteiger partial charge in [-0.25, -0.2) is 42.4 Å². The van der Waals surface area contributed by atoms with Crippen molar-refractivity contribution in [3.8, 4) is 0 Å². The van der Waals surface area contributed by atoms with Crippen LogP contribution >= 0.6 is 58.5 Å². The van der Waals surface area contributed by atoms with E-state index in [0.29, 0.717) is 51.2 Å². The number of rotatable bonds is 21. The molecule has 0 radical (unpaired) electrons. The average Bonchev–Trinajstić information content (AvgIpc) is 0.849. The van der Waals surface area contributed by atoms with Gasteiger partial charge < -0.3 is 19.3 Å². The average molecular weight is 1610 g/mol. The first-order valence-corrected chi connectivity index (χ1v) is 40.4. The molecule has 11 rings (SSSR count). The number of benzene rings is 4. The number of dihydropyridines is 2. The molecule has 4 atom stereocenters. The van der Waals surface area contributed by atoms with Crippen LogP contribution in [-0.2, 0) is 29.9 Å². The number of aryl methyl sites for hydroxylation is 8. The molecule has 588 valence electrons. The Morgan fingerprint density at radius 2 is 0.930 bits per heavy atom. The van der Waals surface area contributed by atoms with Crippen LogP contribution in [0.3, 0.4) is 0 Å². The van der Waals surface area contributed by atoms with Gasteiger partial charge in [-0.3, -0.25) is 29.9 Å². The van der Waals surface area contributed by atoms with Gasteiger partial charge in [0, 0.05) is 111 Å². The van der Waals surface area contributed by atoms with E-state index in [-0.39, 0.29) is 31.6 Å². The summed E-state index contributed by atoms with van der Waals surface area (Å²) in [6.07, 6.45) is 14.8. The smallest absolute Gasteiger partial charge is 0.264 e. The number of halogens is 2. The maximum atomic E-state index is 7.21. The predicted molar refractivity (Wildman–Crippen MR) is 480 cm³/mol. The van der Waals surface area contributed by atoms with Gasteiger partial charge in [0.05, 0.1) is 32.9 Å². The third-order valence-corrected chi connectivity index (χ3v) is 20.2. The number of pyridine rings is 5. The van der Waals surface area contributed by atoms with Crippen LogP contribution in [0.5, 0.6) is 0 Å². The van der Waals surface area contributed by atoms with Crippen molar-refractivity contribution in [3.05, 3.63) is 334 Å². The summed E-state index contributed by atoms with van der Waals surface area (Å²) in [5.41, 5.74) is 15.8. The number of allylic oxidation sites excluding steroid dienone is 2. The topological polar surface area (TPSA) is 132 Å². The van der Waals surface area contributed by atoms with Crippen LogP contribution in [0.4, 0.5) is 34.3 Å². The number of thioether (sulfide) groups is 2. The molecular formula is C93H103Cl2N15OS3. The molecule has 4 unspecified atom stereocenters. The molecule has 16 nitrogen and oxygen atoms in total. The Morgan fingerprint density at radius 1 is 0.474 bits per heavy atom. The van der Waals surface area contributed by atoms with Gasteiger partial charge in [-0.1, -0.05) is 203 Å². The van der Waals surface area contributed by atoms with Crippen LogP contribution in [0.1, 0.15) is 137 Å². The van der Waals surface area contributed by atoms with Crippen LogP contribution < -0.4 is 4.90 Å². The van der Waals surface area contributed by atoms with Crippen molar-refractivity contribution in [2.75, 3.05) is 25.7 Å². The van der Waals surface area contributed by atoms with Crippen molar-refractivity contribution >= 4 is 104 Å². The van der Waals surface area contributed by atoms with Crippen molar-refractivity contribution in [1.29, 1.82) is 0 Å². The monoisotopic (exact) mass is 1610 g/mol. The van der Waals surface area contributed by atoms with E-state index in [9.17, 15) is 0 Å². The first-order chi connectivity index (χ1) is 54.3. The van der Waals surface area contributed by atoms with E-state index < -0.39 is 0 Å². The molecule has 0 amide bonds. The molecule has 21 heteroatoms. The van der Waals surface area contributed by atoms with Gasteiger partial charge in [0.15, 0.2) is 0 Å². The van der Waals surface area contributed by atoms with E-state index in [4.69, 9.17) is 73.9 Å². The SMILES string of the molecule is C.[C-]#[N+]C1C=CC(C)=NC1CCC(C)C.[C-]#[N+]C1C=CC(C)=NC1CCCc1ccc(Cl)cc1.[C-]#[N+]c1ccc(C)nc1CCCOC.[C-]#[N+]c1ccc(C)nc1N(C)Cc1ccccc1.[C-]#[N+]c1ccc(C)nc1SC(C)C.[C-]#[N+]c1ccc(C)nc1SCc1ccc(C)cc1.[C-]#[N+]c1ccc(C)nc1Sc1ccc(Cl)cc1. The Hall–Kier alpha value is -10.7. The molecule has 2 aliphatic heterocycles. The van der Waals surface area contributed by atoms with E-state index in [1.807, 2.05) is 194 Å². The summed E-state index contributed by atoms with van der Waals surface area (Å²) in [5, 5.41) is 4.36. The standard InChI is InChI=1S/C16H17ClN2.C15H15N3.C15H14N2S.C13H9ClN2S.C12H18N2.C11H14N2O.C10H12N2S.CH4/c1-12-6-11-15(18-2)16(19-12)5-3-4-13-7-9-14(17)10-8-13;1-12-9-10-14(16-2)15(17-12)18(3)11-13-7-5-4-6-8-13;1-11-4-7-13(8-5-11)10-18-15-14(16-3)9-6-12(2)17-15;1-9-3-8-12(15-2)13(16-9)17-11-6-4-10(14)5-7-11;1-9(2)5-7-12-11(13-4)8-6-10(3)14-12;1-9-6-7-10(12-2)11(13-9)5-4-8-14-3;1-7(2)13-10-9(11-4)6-5-8(3)12-10;/h6-11,15-16H,3-5H2,1H3;4-10H,11H2,1,3H3;4-9H,10H2,1-2H3;3-8H,1H3;6,8-9,11-12H,5,7H2,1-3H3;6-7H,4-5,8H2,1,3H3;5-7H,1-3H3;1H4. The number of hydrogen-bond donors (Lipinski definition) is 0. The Morgan fingerprint density at radius 3 is 1.44 bits per heavy atom. The third-order valence-electron chi connectivity index (χ3n) is 16.7. The van der Waals surface area contributed by atoms with Gasteiger partial charge in [0.25, 0.3) is 12.1 Å². The first kappa shape index (κ1) is 95.6. The minimum absolute atomic E-state index is 0. The largest absolute Gasteiger partial charge is 0.385 e. The lowest BCUT2D eigenvalue weighted by molar-refractivity contribution is 0.195. The highest BCUT2D eigenvalue weighted by Gasteiger charge is 2.27. The van der Waals surface area contributed by atoms with Gasteiger partial charge in [0.2, 0.25) is 28.4 Å². The zero-order valence-corrected chi connectivity index (χ0v) is 71.0. The molecule has 2 aliphatic rings. The second-order valence-corrected chi connectivity index (χ2v) is 31.6. The second-order valence-electron chi connectivity index (χ2n) is 27.2. The van der Waals surface area contributed by atoms with Crippen LogP contribution in [0, 0.1) is 93.5 Å². The number of anilines is 1. The molecule has 7 heterocycles. The quantitative estimate of drug-likeness (QED) is 0.0389. The molecule has 114 heavy (non-hydrogen) atoms. The highest BCUT2D eigenvalue weighted by Crippen LogP contribution is 2.36. The molecule has 0 saturated carbocycles. The summed E-state index contributed by atoms with van der Waals surface area (Å²) < 4.78 is 4.96. The lowest BCUT2D eigenvalue weighted by Gasteiger charge is -2.20. The van der Waals surface area contributed by atoms with Crippen molar-refractivity contribution in [1.82, 2.24) is 24.9 Å². The van der Waals surface area contributed by atoms with Crippen molar-refractivity contribution < 1.29 is 4.74 Å².